The van der Waals surface area contributed by atoms with Crippen molar-refractivity contribution in [3.63, 3.8) is 0 Å². The van der Waals surface area contributed by atoms with E-state index in [0.29, 0.717) is 23.0 Å². The quantitative estimate of drug-likeness (QED) is 0.101. The molecule has 0 saturated carbocycles. The molecule has 0 N–H and O–H groups in total. The summed E-state index contributed by atoms with van der Waals surface area (Å²) in [5.74, 6) is 5.34. The summed E-state index contributed by atoms with van der Waals surface area (Å²) in [6.45, 7) is 0. The Morgan fingerprint density at radius 1 is 0.288 bits per heavy atom. The highest BCUT2D eigenvalue weighted by atomic mass is 28.3. The van der Waals surface area contributed by atoms with E-state index >= 15 is 0 Å². The average Bonchev–Trinajstić information content (AvgIpc) is 3.94. The fourth-order valence-corrected chi connectivity index (χ4v) is 13.4. The summed E-state index contributed by atoms with van der Waals surface area (Å²) in [7, 11) is -4.37. The van der Waals surface area contributed by atoms with Crippen LogP contribution in [0.5, 0.6) is 46.0 Å². The van der Waals surface area contributed by atoms with E-state index in [-0.39, 0.29) is 12.1 Å². The molecule has 10 rings (SSSR count). The van der Waals surface area contributed by atoms with Gasteiger partial charge in [-0.3, -0.25) is 4.70 Å². The van der Waals surface area contributed by atoms with Crippen LogP contribution in [-0.4, -0.2) is 17.6 Å². The summed E-state index contributed by atoms with van der Waals surface area (Å²) in [6, 6.07) is 81.6. The minimum Gasteiger partial charge on any atom is -0.467 e. The lowest BCUT2D eigenvalue weighted by molar-refractivity contribution is 0.422. The third kappa shape index (κ3) is 11.3. The predicted molar refractivity (Wildman–Crippen MR) is 271 cm³/mol. The summed E-state index contributed by atoms with van der Waals surface area (Å²) in [5.41, 5.74) is 0. The van der Waals surface area contributed by atoms with Crippen LogP contribution in [0.2, 0.25) is 0 Å². The lowest BCUT2D eigenvalue weighted by Crippen LogP contribution is -2.54. The molecule has 2 aromatic heterocycles. The number of ether oxygens (including phenoxy) is 4. The van der Waals surface area contributed by atoms with Crippen molar-refractivity contribution in [3.05, 3.63) is 255 Å². The number of halogens is 1. The molecule has 0 atom stereocenters. The summed E-state index contributed by atoms with van der Waals surface area (Å²) in [4.78, 5) is 0. The van der Waals surface area contributed by atoms with Gasteiger partial charge < -0.3 is 27.8 Å². The van der Waals surface area contributed by atoms with Gasteiger partial charge in [-0.2, -0.15) is 0 Å². The lowest BCUT2D eigenvalue weighted by atomic mass is 10.3. The van der Waals surface area contributed by atoms with Crippen LogP contribution in [0.1, 0.15) is 7.43 Å². The molecule has 0 spiro atoms. The van der Waals surface area contributed by atoms with Crippen LogP contribution in [0.4, 0.5) is 4.70 Å². The molecular formula is C57H49FO6Si2. The van der Waals surface area contributed by atoms with Crippen molar-refractivity contribution >= 4 is 49.1 Å². The Kier molecular flexibility index (Phi) is 16.0. The smallest absolute Gasteiger partial charge is 0.208 e. The monoisotopic (exact) mass is 904 g/mol. The Morgan fingerprint density at radius 2 is 0.515 bits per heavy atom. The molecular weight excluding hydrogens is 856 g/mol. The first-order valence-electron chi connectivity index (χ1n) is 21.1. The van der Waals surface area contributed by atoms with Gasteiger partial charge in [0.25, 0.3) is 0 Å². The molecule has 328 valence electrons. The molecule has 0 saturated heterocycles. The van der Waals surface area contributed by atoms with Gasteiger partial charge in [0.1, 0.15) is 46.3 Å². The maximum atomic E-state index is 7.31. The number of hydrogen-bond acceptors (Lipinski definition) is 6. The van der Waals surface area contributed by atoms with Crippen LogP contribution in [0.25, 0.3) is 0 Å². The van der Waals surface area contributed by atoms with Crippen molar-refractivity contribution in [2.75, 3.05) is 0 Å². The summed E-state index contributed by atoms with van der Waals surface area (Å²) in [6.07, 6.45) is 3.04. The van der Waals surface area contributed by atoms with E-state index in [1.165, 1.54) is 33.3 Å². The first-order chi connectivity index (χ1) is 31.8. The standard InChI is InChI=1S/C40H32O3Si2.C16H12O3.CH4.FH/c1-7-19-31(20-8-1)41-37-38(42-32-21-9-2-10-22-32)40(45(35-27-15-5-16-28-35)36-29-17-6-18-30-36)43-39(37)44(33-23-11-3-12-24-33)34-25-13-4-14-26-34;1-3-7-13(8-4-1)18-15-11-17-12-16(15)19-14-9-5-2-6-10-14;;/h1-30,44-45H;1-12H;1H4;1H. The van der Waals surface area contributed by atoms with Crippen LogP contribution in [0.3, 0.4) is 0 Å². The fourth-order valence-electron chi connectivity index (χ4n) is 7.45. The maximum absolute atomic E-state index is 7.31. The van der Waals surface area contributed by atoms with E-state index in [1.54, 1.807) is 0 Å². The van der Waals surface area contributed by atoms with E-state index in [1.807, 2.05) is 121 Å². The fraction of sp³-hybridized carbons (Fsp3) is 0.0175. The zero-order chi connectivity index (χ0) is 43.2. The van der Waals surface area contributed by atoms with Gasteiger partial charge in [0.05, 0.1) is 0 Å². The minimum absolute atomic E-state index is 0. The first-order valence-corrected chi connectivity index (χ1v) is 24.6. The van der Waals surface area contributed by atoms with Gasteiger partial charge in [0.15, 0.2) is 17.6 Å². The Hall–Kier alpha value is -8.12. The van der Waals surface area contributed by atoms with Crippen molar-refractivity contribution in [1.82, 2.24) is 0 Å². The van der Waals surface area contributed by atoms with Crippen molar-refractivity contribution in [2.45, 2.75) is 7.43 Å². The minimum atomic E-state index is -2.18. The second-order valence-corrected chi connectivity index (χ2v) is 20.2. The van der Waals surface area contributed by atoms with Crippen LogP contribution >= 0.6 is 0 Å². The van der Waals surface area contributed by atoms with Crippen LogP contribution < -0.4 is 50.5 Å². The van der Waals surface area contributed by atoms with Gasteiger partial charge in [0, 0.05) is 0 Å². The number of para-hydroxylation sites is 4. The molecule has 6 nitrogen and oxygen atoms in total. The topological polar surface area (TPSA) is 63.2 Å². The molecule has 66 heavy (non-hydrogen) atoms. The van der Waals surface area contributed by atoms with Gasteiger partial charge in [-0.05, 0) is 69.3 Å². The first kappa shape index (κ1) is 45.9. The number of furan rings is 2. The molecule has 0 bridgehead atoms. The normalized spacial score (nSPS) is 10.5. The Bertz CT molecular complexity index is 2650. The van der Waals surface area contributed by atoms with Gasteiger partial charge in [-0.1, -0.05) is 202 Å². The molecule has 0 unspecified atom stereocenters. The van der Waals surface area contributed by atoms with E-state index in [2.05, 4.69) is 121 Å². The summed E-state index contributed by atoms with van der Waals surface area (Å²) in [5, 5.41) is 6.66. The number of benzene rings is 8. The highest BCUT2D eigenvalue weighted by Crippen LogP contribution is 2.36. The predicted octanol–water partition coefficient (Wildman–Crippen LogP) is 11.0. The molecule has 9 heteroatoms. The molecule has 8 aromatic carbocycles. The van der Waals surface area contributed by atoms with Crippen LogP contribution in [0.15, 0.2) is 264 Å². The molecule has 0 aliphatic rings. The number of rotatable bonds is 14. The van der Waals surface area contributed by atoms with E-state index < -0.39 is 17.6 Å². The largest absolute Gasteiger partial charge is 0.467 e. The van der Waals surface area contributed by atoms with Crippen molar-refractivity contribution < 1.29 is 32.5 Å². The third-order valence-electron chi connectivity index (χ3n) is 10.4. The second kappa shape index (κ2) is 23.0. The zero-order valence-corrected chi connectivity index (χ0v) is 37.6. The van der Waals surface area contributed by atoms with Gasteiger partial charge >= 0.3 is 0 Å². The number of hydrogen-bond donors (Lipinski definition) is 0. The summed E-state index contributed by atoms with van der Waals surface area (Å²) < 4.78 is 37.6. The molecule has 0 fully saturated rings. The van der Waals surface area contributed by atoms with E-state index in [9.17, 15) is 0 Å². The Balaban J connectivity index is 0.000000259. The van der Waals surface area contributed by atoms with Gasteiger partial charge in [-0.15, -0.1) is 0 Å². The highest BCUT2D eigenvalue weighted by Gasteiger charge is 2.37. The Morgan fingerprint density at radius 3 is 0.773 bits per heavy atom. The lowest BCUT2D eigenvalue weighted by Gasteiger charge is -2.17. The average molecular weight is 905 g/mol. The zero-order valence-electron chi connectivity index (χ0n) is 35.3. The van der Waals surface area contributed by atoms with E-state index in [0.717, 1.165) is 33.8 Å². The molecule has 0 aliphatic carbocycles. The molecule has 2 heterocycles. The second-order valence-electron chi connectivity index (χ2n) is 14.8. The Labute approximate surface area is 388 Å². The molecule has 0 radical (unpaired) electrons. The van der Waals surface area contributed by atoms with E-state index in [4.69, 9.17) is 27.8 Å². The van der Waals surface area contributed by atoms with Crippen LogP contribution in [-0.2, 0) is 0 Å². The molecule has 0 amide bonds. The SMILES string of the molecule is C.F.c1ccc(Oc2c([SiH](c3ccccc3)c3ccccc3)oc([SiH](c3ccccc3)c3ccccc3)c2Oc2ccccc2)cc1.c1ccc(Oc2cocc2Oc2ccccc2)cc1. The summed E-state index contributed by atoms with van der Waals surface area (Å²) >= 11 is 0. The third-order valence-corrected chi connectivity index (χ3v) is 16.4. The van der Waals surface area contributed by atoms with Crippen LogP contribution in [0, 0.1) is 0 Å². The molecule has 10 aromatic rings. The maximum Gasteiger partial charge on any atom is 0.208 e. The van der Waals surface area contributed by atoms with Gasteiger partial charge in [-0.25, -0.2) is 0 Å². The van der Waals surface area contributed by atoms with Gasteiger partial charge in [0.2, 0.25) is 23.0 Å². The van der Waals surface area contributed by atoms with Crippen molar-refractivity contribution in [2.24, 2.45) is 0 Å². The van der Waals surface area contributed by atoms with Crippen molar-refractivity contribution in [1.29, 1.82) is 0 Å². The highest BCUT2D eigenvalue weighted by molar-refractivity contribution is 6.97. The van der Waals surface area contributed by atoms with Crippen molar-refractivity contribution in [3.8, 4) is 46.0 Å². The molecule has 0 aliphatic heterocycles.